The lowest BCUT2D eigenvalue weighted by atomic mass is 10.3. The van der Waals surface area contributed by atoms with Crippen LogP contribution in [0.1, 0.15) is 10.5 Å². The fraction of sp³-hybridized carbons (Fsp3) is 0. The predicted molar refractivity (Wildman–Crippen MR) is 47.5 cm³/mol. The van der Waals surface area contributed by atoms with Crippen molar-refractivity contribution in [2.75, 3.05) is 5.73 Å². The summed E-state index contributed by atoms with van der Waals surface area (Å²) < 4.78 is 0. The van der Waals surface area contributed by atoms with Gasteiger partial charge in [0.15, 0.2) is 0 Å². The van der Waals surface area contributed by atoms with Crippen LogP contribution in [0.25, 0.3) is 11.0 Å². The molecule has 4 N–H and O–H groups in total. The second-order valence-corrected chi connectivity index (χ2v) is 2.66. The molecule has 0 amide bonds. The predicted octanol–water partition coefficient (Wildman–Crippen LogP) is 0.843. The zero-order valence-corrected chi connectivity index (χ0v) is 6.61. The number of pyridine rings is 1. The van der Waals surface area contributed by atoms with Crippen molar-refractivity contribution in [2.45, 2.75) is 0 Å². The van der Waals surface area contributed by atoms with E-state index in [0.717, 1.165) is 0 Å². The summed E-state index contributed by atoms with van der Waals surface area (Å²) in [6.45, 7) is 0. The third kappa shape index (κ3) is 1.20. The van der Waals surface area contributed by atoms with Gasteiger partial charge in [-0.2, -0.15) is 0 Å². The fourth-order valence-corrected chi connectivity index (χ4v) is 1.14. The van der Waals surface area contributed by atoms with Crippen LogP contribution in [0.3, 0.4) is 0 Å². The van der Waals surface area contributed by atoms with E-state index in [1.165, 1.54) is 6.07 Å². The number of anilines is 1. The molecule has 0 aliphatic rings. The number of nitrogens with two attached hydrogens (primary N) is 1. The molecule has 0 unspecified atom stereocenters. The van der Waals surface area contributed by atoms with Crippen molar-refractivity contribution in [1.82, 2.24) is 9.97 Å². The number of H-pyrrole nitrogens is 1. The van der Waals surface area contributed by atoms with Crippen LogP contribution < -0.4 is 5.73 Å². The lowest BCUT2D eigenvalue weighted by Gasteiger charge is -1.89. The van der Waals surface area contributed by atoms with Crippen molar-refractivity contribution in [3.8, 4) is 0 Å². The van der Waals surface area contributed by atoms with Gasteiger partial charge in [0.05, 0.1) is 11.0 Å². The molecule has 2 heterocycles. The number of rotatable bonds is 1. The van der Waals surface area contributed by atoms with E-state index in [1.807, 2.05) is 0 Å². The first-order valence-electron chi connectivity index (χ1n) is 3.65. The van der Waals surface area contributed by atoms with Crippen molar-refractivity contribution in [3.05, 3.63) is 23.9 Å². The fourth-order valence-electron chi connectivity index (χ4n) is 1.14. The monoisotopic (exact) mass is 177 g/mol. The normalized spacial score (nSPS) is 10.5. The molecule has 5 nitrogen and oxygen atoms in total. The topological polar surface area (TPSA) is 92.0 Å². The molecule has 0 atom stereocenters. The molecule has 2 rings (SSSR count). The average Bonchev–Trinajstić information content (AvgIpc) is 2.46. The van der Waals surface area contributed by atoms with E-state index in [2.05, 4.69) is 9.97 Å². The molecule has 5 heteroatoms. The van der Waals surface area contributed by atoms with Gasteiger partial charge < -0.3 is 15.8 Å². The van der Waals surface area contributed by atoms with Gasteiger partial charge in [-0.3, -0.25) is 0 Å². The van der Waals surface area contributed by atoms with Gasteiger partial charge in [-0.1, -0.05) is 0 Å². The van der Waals surface area contributed by atoms with Crippen LogP contribution in [0.5, 0.6) is 0 Å². The van der Waals surface area contributed by atoms with Gasteiger partial charge in [-0.05, 0) is 18.2 Å². The van der Waals surface area contributed by atoms with E-state index >= 15 is 0 Å². The van der Waals surface area contributed by atoms with Crippen LogP contribution in [-0.2, 0) is 0 Å². The molecule has 0 aromatic carbocycles. The Morgan fingerprint density at radius 2 is 2.31 bits per heavy atom. The molecule has 0 fully saturated rings. The number of aromatic amines is 1. The number of aromatic carboxylic acids is 1. The lowest BCUT2D eigenvalue weighted by Crippen LogP contribution is -1.94. The number of carbonyl (C=O) groups is 1. The number of nitrogens with zero attached hydrogens (tertiary/aromatic N) is 1. The molecule has 66 valence electrons. The van der Waals surface area contributed by atoms with Crippen molar-refractivity contribution in [2.24, 2.45) is 0 Å². The number of nitrogens with one attached hydrogen (secondary N) is 1. The summed E-state index contributed by atoms with van der Waals surface area (Å²) in [5.74, 6) is -0.625. The zero-order chi connectivity index (χ0) is 9.42. The maximum atomic E-state index is 10.6. The van der Waals surface area contributed by atoms with Crippen LogP contribution in [0.2, 0.25) is 0 Å². The molecule has 0 aliphatic heterocycles. The Labute approximate surface area is 73.2 Å². The van der Waals surface area contributed by atoms with E-state index in [4.69, 9.17) is 10.8 Å². The van der Waals surface area contributed by atoms with Crippen molar-refractivity contribution in [3.63, 3.8) is 0 Å². The number of hydrogen-bond acceptors (Lipinski definition) is 3. The summed E-state index contributed by atoms with van der Waals surface area (Å²) in [4.78, 5) is 17.2. The van der Waals surface area contributed by atoms with E-state index in [0.29, 0.717) is 16.9 Å². The largest absolute Gasteiger partial charge is 0.477 e. The summed E-state index contributed by atoms with van der Waals surface area (Å²) in [6.07, 6.45) is 0. The average molecular weight is 177 g/mol. The van der Waals surface area contributed by atoms with E-state index in [9.17, 15) is 4.79 Å². The van der Waals surface area contributed by atoms with Gasteiger partial charge in [-0.25, -0.2) is 9.78 Å². The SMILES string of the molecule is Nc1ccc2[nH]c(C(=O)O)cc2n1. The maximum Gasteiger partial charge on any atom is 0.352 e. The Bertz CT molecular complexity index is 475. The summed E-state index contributed by atoms with van der Waals surface area (Å²) in [6, 6.07) is 4.77. The van der Waals surface area contributed by atoms with Crippen molar-refractivity contribution in [1.29, 1.82) is 0 Å². The van der Waals surface area contributed by atoms with Gasteiger partial charge in [0, 0.05) is 0 Å². The minimum absolute atomic E-state index is 0.119. The number of aromatic nitrogens is 2. The molecule has 2 aromatic heterocycles. The summed E-state index contributed by atoms with van der Waals surface area (Å²) in [5, 5.41) is 8.66. The minimum Gasteiger partial charge on any atom is -0.477 e. The molecule has 2 aromatic rings. The number of carboxylic acids is 1. The van der Waals surface area contributed by atoms with Crippen LogP contribution >= 0.6 is 0 Å². The Hall–Kier alpha value is -2.04. The highest BCUT2D eigenvalue weighted by Crippen LogP contribution is 2.14. The smallest absolute Gasteiger partial charge is 0.352 e. The molecule has 0 bridgehead atoms. The van der Waals surface area contributed by atoms with Gasteiger partial charge in [0.2, 0.25) is 0 Å². The Morgan fingerprint density at radius 1 is 1.54 bits per heavy atom. The third-order valence-corrected chi connectivity index (χ3v) is 1.73. The molecular formula is C8H7N3O2. The first kappa shape index (κ1) is 7.60. The molecule has 0 spiro atoms. The first-order chi connectivity index (χ1) is 6.16. The second-order valence-electron chi connectivity index (χ2n) is 2.66. The first-order valence-corrected chi connectivity index (χ1v) is 3.65. The summed E-state index contributed by atoms with van der Waals surface area (Å²) >= 11 is 0. The van der Waals surface area contributed by atoms with Crippen molar-refractivity contribution < 1.29 is 9.90 Å². The van der Waals surface area contributed by atoms with Gasteiger partial charge in [-0.15, -0.1) is 0 Å². The van der Waals surface area contributed by atoms with Crippen LogP contribution in [-0.4, -0.2) is 21.0 Å². The van der Waals surface area contributed by atoms with Crippen molar-refractivity contribution >= 4 is 22.8 Å². The lowest BCUT2D eigenvalue weighted by molar-refractivity contribution is 0.0691. The molecule has 0 radical (unpaired) electrons. The zero-order valence-electron chi connectivity index (χ0n) is 6.61. The highest BCUT2D eigenvalue weighted by Gasteiger charge is 2.07. The Kier molecular flexibility index (Phi) is 1.45. The Morgan fingerprint density at radius 3 is 3.00 bits per heavy atom. The van der Waals surface area contributed by atoms with Gasteiger partial charge >= 0.3 is 5.97 Å². The molecule has 0 aliphatic carbocycles. The van der Waals surface area contributed by atoms with E-state index in [-0.39, 0.29) is 5.69 Å². The van der Waals surface area contributed by atoms with E-state index < -0.39 is 5.97 Å². The van der Waals surface area contributed by atoms with E-state index in [1.54, 1.807) is 12.1 Å². The molecule has 0 saturated heterocycles. The standard InChI is InChI=1S/C8H7N3O2/c9-7-2-1-4-5(11-7)3-6(10-4)8(12)13/h1-3,10H,(H2,9,11)(H,12,13). The highest BCUT2D eigenvalue weighted by atomic mass is 16.4. The molecular weight excluding hydrogens is 170 g/mol. The number of carboxylic acid groups (broad SMARTS) is 1. The van der Waals surface area contributed by atoms with Crippen LogP contribution in [0.15, 0.2) is 18.2 Å². The number of fused-ring (bicyclic) bond motifs is 1. The number of hydrogen-bond donors (Lipinski definition) is 3. The van der Waals surface area contributed by atoms with Gasteiger partial charge in [0.25, 0.3) is 0 Å². The number of nitrogen functional groups attached to an aromatic ring is 1. The Balaban J connectivity index is 2.68. The quantitative estimate of drug-likeness (QED) is 0.601. The third-order valence-electron chi connectivity index (χ3n) is 1.73. The summed E-state index contributed by atoms with van der Waals surface area (Å²) in [7, 11) is 0. The minimum atomic E-state index is -1.00. The molecule has 0 saturated carbocycles. The van der Waals surface area contributed by atoms with Crippen LogP contribution in [0, 0.1) is 0 Å². The van der Waals surface area contributed by atoms with Gasteiger partial charge in [0.1, 0.15) is 11.5 Å². The second kappa shape index (κ2) is 2.48. The summed E-state index contributed by atoms with van der Waals surface area (Å²) in [5.41, 5.74) is 6.80. The highest BCUT2D eigenvalue weighted by molar-refractivity contribution is 5.92. The van der Waals surface area contributed by atoms with Crippen LogP contribution in [0.4, 0.5) is 5.82 Å². The molecule has 13 heavy (non-hydrogen) atoms. The maximum absolute atomic E-state index is 10.6.